The molecule has 0 aliphatic carbocycles. The molecule has 0 fully saturated rings. The average molecular weight is 260 g/mol. The van der Waals surface area contributed by atoms with E-state index in [2.05, 4.69) is 0 Å². The Labute approximate surface area is 104 Å². The number of halogens is 2. The summed E-state index contributed by atoms with van der Waals surface area (Å²) in [6.45, 7) is 3.57. The van der Waals surface area contributed by atoms with Gasteiger partial charge in [-0.25, -0.2) is 4.39 Å². The zero-order valence-corrected chi connectivity index (χ0v) is 10.5. The molecule has 1 unspecified atom stereocenters. The van der Waals surface area contributed by atoms with Crippen molar-refractivity contribution in [2.75, 3.05) is 0 Å². The molecule has 17 heavy (non-hydrogen) atoms. The summed E-state index contributed by atoms with van der Waals surface area (Å²) in [5.74, 6) is -1.45. The molecule has 3 N–H and O–H groups in total. The number of aryl methyl sites for hydroxylation is 1. The first-order chi connectivity index (χ1) is 7.84. The minimum absolute atomic E-state index is 0.00834. The van der Waals surface area contributed by atoms with Gasteiger partial charge in [0.05, 0.1) is 5.02 Å². The van der Waals surface area contributed by atoms with E-state index >= 15 is 0 Å². The van der Waals surface area contributed by atoms with Gasteiger partial charge in [-0.15, -0.1) is 0 Å². The molecule has 0 heterocycles. The van der Waals surface area contributed by atoms with Gasteiger partial charge in [-0.05, 0) is 43.0 Å². The van der Waals surface area contributed by atoms with Gasteiger partial charge in [0.1, 0.15) is 5.82 Å². The molecule has 94 valence electrons. The third kappa shape index (κ3) is 3.17. The van der Waals surface area contributed by atoms with Gasteiger partial charge in [0, 0.05) is 12.5 Å². The van der Waals surface area contributed by atoms with E-state index in [4.69, 9.17) is 22.4 Å². The van der Waals surface area contributed by atoms with E-state index in [1.807, 2.05) is 0 Å². The molecule has 0 aliphatic rings. The Morgan fingerprint density at radius 2 is 2.18 bits per heavy atom. The Morgan fingerprint density at radius 1 is 1.59 bits per heavy atom. The second-order valence-electron chi connectivity index (χ2n) is 4.07. The molecule has 1 aromatic carbocycles. The molecule has 0 saturated carbocycles. The van der Waals surface area contributed by atoms with Crippen LogP contribution in [0.2, 0.25) is 5.02 Å². The number of benzene rings is 1. The van der Waals surface area contributed by atoms with Crippen LogP contribution >= 0.6 is 11.6 Å². The number of carbonyl (C=O) groups is 1. The number of nitrogens with two attached hydrogens (primary N) is 1. The number of carboxylic acid groups (broad SMARTS) is 1. The summed E-state index contributed by atoms with van der Waals surface area (Å²) in [4.78, 5) is 10.5. The van der Waals surface area contributed by atoms with Gasteiger partial charge in [0.25, 0.3) is 0 Å². The van der Waals surface area contributed by atoms with E-state index in [1.165, 1.54) is 6.07 Å². The highest BCUT2D eigenvalue weighted by Gasteiger charge is 2.18. The first-order valence-corrected chi connectivity index (χ1v) is 5.64. The van der Waals surface area contributed by atoms with E-state index in [-0.39, 0.29) is 17.9 Å². The number of carboxylic acids is 1. The number of aliphatic carboxylic acids is 1. The Balaban J connectivity index is 3.07. The zero-order valence-electron chi connectivity index (χ0n) is 9.76. The Kier molecular flexibility index (Phi) is 4.48. The van der Waals surface area contributed by atoms with Crippen molar-refractivity contribution in [3.63, 3.8) is 0 Å². The lowest BCUT2D eigenvalue weighted by Gasteiger charge is -2.18. The molecule has 1 aromatic rings. The fourth-order valence-corrected chi connectivity index (χ4v) is 2.07. The third-order valence-electron chi connectivity index (χ3n) is 2.82. The second-order valence-corrected chi connectivity index (χ2v) is 4.44. The summed E-state index contributed by atoms with van der Waals surface area (Å²) in [5.41, 5.74) is 7.94. The normalized spacial score (nSPS) is 12.5. The summed E-state index contributed by atoms with van der Waals surface area (Å²) in [5, 5.41) is 8.59. The predicted molar refractivity (Wildman–Crippen MR) is 64.7 cm³/mol. The smallest absolute Gasteiger partial charge is 0.303 e. The number of rotatable bonds is 4. The maximum atomic E-state index is 13.5. The largest absolute Gasteiger partial charge is 0.481 e. The van der Waals surface area contributed by atoms with Crippen LogP contribution in [-0.4, -0.2) is 11.1 Å². The van der Waals surface area contributed by atoms with Gasteiger partial charge < -0.3 is 10.8 Å². The Hall–Kier alpha value is -1.13. The van der Waals surface area contributed by atoms with Gasteiger partial charge >= 0.3 is 5.97 Å². The van der Waals surface area contributed by atoms with Gasteiger partial charge in [-0.3, -0.25) is 4.79 Å². The molecule has 1 atom stereocenters. The van der Waals surface area contributed by atoms with Gasteiger partial charge in [-0.2, -0.15) is 0 Å². The maximum Gasteiger partial charge on any atom is 0.303 e. The van der Waals surface area contributed by atoms with Gasteiger partial charge in [0.2, 0.25) is 0 Å². The molecule has 0 aromatic heterocycles. The summed E-state index contributed by atoms with van der Waals surface area (Å²) in [7, 11) is 0. The van der Waals surface area contributed by atoms with E-state index < -0.39 is 17.8 Å². The van der Waals surface area contributed by atoms with Crippen LogP contribution in [0.15, 0.2) is 6.07 Å². The third-order valence-corrected chi connectivity index (χ3v) is 3.21. The highest BCUT2D eigenvalue weighted by Crippen LogP contribution is 2.32. The monoisotopic (exact) mass is 259 g/mol. The fourth-order valence-electron chi connectivity index (χ4n) is 1.73. The van der Waals surface area contributed by atoms with Crippen LogP contribution in [0, 0.1) is 19.7 Å². The van der Waals surface area contributed by atoms with Crippen molar-refractivity contribution in [3.8, 4) is 0 Å². The molecule has 0 saturated heterocycles. The topological polar surface area (TPSA) is 63.3 Å². The summed E-state index contributed by atoms with van der Waals surface area (Å²) in [6, 6.07) is 0.790. The molecule has 0 aliphatic heterocycles. The second kappa shape index (κ2) is 5.47. The molecule has 3 nitrogen and oxygen atoms in total. The van der Waals surface area contributed by atoms with E-state index in [1.54, 1.807) is 13.8 Å². The molecule has 0 radical (unpaired) electrons. The van der Waals surface area contributed by atoms with E-state index in [0.717, 1.165) is 11.1 Å². The average Bonchev–Trinajstić information content (AvgIpc) is 2.24. The highest BCUT2D eigenvalue weighted by molar-refractivity contribution is 6.31. The molecular weight excluding hydrogens is 245 g/mol. The standard InChI is InChI=1S/C12H15ClFNO2/c1-6-5-8(14)12(13)11(7(6)2)9(15)3-4-10(16)17/h5,9H,3-4,15H2,1-2H3,(H,16,17). The Bertz CT molecular complexity index is 422. The minimum Gasteiger partial charge on any atom is -0.481 e. The SMILES string of the molecule is Cc1cc(F)c(Cl)c(C(N)CCC(=O)O)c1C. The van der Waals surface area contributed by atoms with Crippen LogP contribution in [0.3, 0.4) is 0 Å². The highest BCUT2D eigenvalue weighted by atomic mass is 35.5. The van der Waals surface area contributed by atoms with Crippen LogP contribution in [-0.2, 0) is 4.79 Å². The molecule has 0 amide bonds. The molecule has 5 heteroatoms. The minimum atomic E-state index is -0.928. The molecule has 0 bridgehead atoms. The molecule has 1 rings (SSSR count). The first-order valence-electron chi connectivity index (χ1n) is 5.27. The predicted octanol–water partition coefficient (Wildman–Crippen LogP) is 2.96. The van der Waals surface area contributed by atoms with E-state index in [9.17, 15) is 9.18 Å². The van der Waals surface area contributed by atoms with Crippen molar-refractivity contribution < 1.29 is 14.3 Å². The van der Waals surface area contributed by atoms with Crippen molar-refractivity contribution in [1.82, 2.24) is 0 Å². The van der Waals surface area contributed by atoms with Crippen molar-refractivity contribution in [1.29, 1.82) is 0 Å². The maximum absolute atomic E-state index is 13.5. The van der Waals surface area contributed by atoms with Crippen molar-refractivity contribution in [2.45, 2.75) is 32.7 Å². The van der Waals surface area contributed by atoms with Crippen molar-refractivity contribution in [2.24, 2.45) is 5.73 Å². The van der Waals surface area contributed by atoms with Crippen LogP contribution < -0.4 is 5.73 Å². The fraction of sp³-hybridized carbons (Fsp3) is 0.417. The molecule has 0 spiro atoms. The van der Waals surface area contributed by atoms with Crippen LogP contribution in [0.4, 0.5) is 4.39 Å². The zero-order chi connectivity index (χ0) is 13.2. The van der Waals surface area contributed by atoms with Crippen LogP contribution in [0.5, 0.6) is 0 Å². The lowest BCUT2D eigenvalue weighted by atomic mass is 9.95. The molecular formula is C12H15ClFNO2. The summed E-state index contributed by atoms with van der Waals surface area (Å²) in [6.07, 6.45) is 0.172. The van der Waals surface area contributed by atoms with Gasteiger partial charge in [0.15, 0.2) is 0 Å². The summed E-state index contributed by atoms with van der Waals surface area (Å²) < 4.78 is 13.5. The van der Waals surface area contributed by atoms with Crippen molar-refractivity contribution in [3.05, 3.63) is 33.6 Å². The van der Waals surface area contributed by atoms with E-state index in [0.29, 0.717) is 5.56 Å². The summed E-state index contributed by atoms with van der Waals surface area (Å²) >= 11 is 5.88. The number of hydrogen-bond acceptors (Lipinski definition) is 2. The quantitative estimate of drug-likeness (QED) is 0.874. The Morgan fingerprint density at radius 3 is 2.71 bits per heavy atom. The lowest BCUT2D eigenvalue weighted by Crippen LogP contribution is -2.15. The lowest BCUT2D eigenvalue weighted by molar-refractivity contribution is -0.137. The van der Waals surface area contributed by atoms with Crippen molar-refractivity contribution >= 4 is 17.6 Å². The number of hydrogen-bond donors (Lipinski definition) is 2. The van der Waals surface area contributed by atoms with Crippen LogP contribution in [0.25, 0.3) is 0 Å². The van der Waals surface area contributed by atoms with Crippen LogP contribution in [0.1, 0.15) is 35.6 Å². The first kappa shape index (κ1) is 13.9. The van der Waals surface area contributed by atoms with Gasteiger partial charge in [-0.1, -0.05) is 11.6 Å².